The van der Waals surface area contributed by atoms with Crippen LogP contribution in [0.2, 0.25) is 0 Å². The summed E-state index contributed by atoms with van der Waals surface area (Å²) in [5, 5.41) is 7.37. The Morgan fingerprint density at radius 2 is 1.62 bits per heavy atom. The van der Waals surface area contributed by atoms with Crippen LogP contribution in [0.3, 0.4) is 0 Å². The number of rotatable bonds is 7. The van der Waals surface area contributed by atoms with Gasteiger partial charge in [0.2, 0.25) is 0 Å². The molecule has 2 atom stereocenters. The molecule has 0 spiro atoms. The summed E-state index contributed by atoms with van der Waals surface area (Å²) in [6.07, 6.45) is 2.02. The van der Waals surface area contributed by atoms with Crippen LogP contribution >= 0.6 is 0 Å². The average Bonchev–Trinajstić information content (AvgIpc) is 2.73. The highest BCUT2D eigenvalue weighted by atomic mass is 16.2. The lowest BCUT2D eigenvalue weighted by molar-refractivity contribution is 0.0703. The van der Waals surface area contributed by atoms with Gasteiger partial charge in [0, 0.05) is 43.3 Å². The van der Waals surface area contributed by atoms with Gasteiger partial charge < -0.3 is 15.5 Å². The minimum Gasteiger partial charge on any atom is -0.339 e. The van der Waals surface area contributed by atoms with Crippen molar-refractivity contribution in [2.75, 3.05) is 19.6 Å². The van der Waals surface area contributed by atoms with Gasteiger partial charge in [0.1, 0.15) is 0 Å². The molecule has 0 aromatic heterocycles. The number of likely N-dealkylation sites (tertiary alicyclic amines) is 1. The van der Waals surface area contributed by atoms with E-state index in [0.717, 1.165) is 49.2 Å². The van der Waals surface area contributed by atoms with Gasteiger partial charge in [0.25, 0.3) is 5.91 Å². The van der Waals surface area contributed by atoms with Crippen molar-refractivity contribution in [1.29, 1.82) is 0 Å². The summed E-state index contributed by atoms with van der Waals surface area (Å²) >= 11 is 0. The number of aryl methyl sites for hydroxylation is 2. The van der Waals surface area contributed by atoms with E-state index in [4.69, 9.17) is 0 Å². The Hall–Kier alpha value is -2.17. The second-order valence-electron chi connectivity index (χ2n) is 8.44. The van der Waals surface area contributed by atoms with Crippen LogP contribution in [0, 0.1) is 13.8 Å². The Bertz CT molecular complexity index is 777. The van der Waals surface area contributed by atoms with Crippen LogP contribution in [0.4, 0.5) is 0 Å². The van der Waals surface area contributed by atoms with Crippen LogP contribution in [0.15, 0.2) is 48.5 Å². The lowest BCUT2D eigenvalue weighted by Crippen LogP contribution is -2.48. The van der Waals surface area contributed by atoms with E-state index in [1.807, 2.05) is 36.9 Å². The molecule has 0 bridgehead atoms. The third kappa shape index (κ3) is 5.68. The van der Waals surface area contributed by atoms with Crippen molar-refractivity contribution in [2.45, 2.75) is 58.7 Å². The highest BCUT2D eigenvalue weighted by Gasteiger charge is 2.25. The molecule has 4 nitrogen and oxygen atoms in total. The zero-order valence-electron chi connectivity index (χ0n) is 18.2. The van der Waals surface area contributed by atoms with E-state index in [1.54, 1.807) is 0 Å². The van der Waals surface area contributed by atoms with Gasteiger partial charge in [-0.2, -0.15) is 0 Å². The van der Waals surface area contributed by atoms with E-state index in [9.17, 15) is 4.79 Å². The van der Waals surface area contributed by atoms with Gasteiger partial charge in [-0.3, -0.25) is 4.79 Å². The lowest BCUT2D eigenvalue weighted by Gasteiger charge is -2.34. The maximum Gasteiger partial charge on any atom is 0.254 e. The molecule has 0 aliphatic carbocycles. The zero-order chi connectivity index (χ0) is 20.8. The van der Waals surface area contributed by atoms with Crippen LogP contribution in [-0.2, 0) is 0 Å². The first-order chi connectivity index (χ1) is 14.0. The Morgan fingerprint density at radius 3 is 2.24 bits per heavy atom. The second kappa shape index (κ2) is 10.0. The molecule has 0 unspecified atom stereocenters. The maximum absolute atomic E-state index is 13.0. The first-order valence-corrected chi connectivity index (χ1v) is 10.9. The van der Waals surface area contributed by atoms with Gasteiger partial charge in [0.05, 0.1) is 0 Å². The number of nitrogens with one attached hydrogen (secondary N) is 2. The smallest absolute Gasteiger partial charge is 0.254 e. The minimum atomic E-state index is 0.186. The second-order valence-corrected chi connectivity index (χ2v) is 8.44. The predicted octanol–water partition coefficient (Wildman–Crippen LogP) is 4.24. The largest absolute Gasteiger partial charge is 0.339 e. The number of amides is 1. The maximum atomic E-state index is 13.0. The molecule has 1 aliphatic rings. The summed E-state index contributed by atoms with van der Waals surface area (Å²) in [6, 6.07) is 17.8. The quantitative estimate of drug-likeness (QED) is 0.740. The monoisotopic (exact) mass is 393 g/mol. The molecule has 2 aromatic rings. The molecular formula is C25H35N3O. The highest BCUT2D eigenvalue weighted by molar-refractivity contribution is 5.97. The van der Waals surface area contributed by atoms with Gasteiger partial charge >= 0.3 is 0 Å². The van der Waals surface area contributed by atoms with Crippen molar-refractivity contribution < 1.29 is 4.79 Å². The number of hydrogen-bond donors (Lipinski definition) is 2. The molecule has 1 saturated heterocycles. The lowest BCUT2D eigenvalue weighted by atomic mass is 9.99. The van der Waals surface area contributed by atoms with Crippen molar-refractivity contribution in [3.8, 4) is 0 Å². The standard InChI is InChI=1S/C25H35N3O/c1-18-9-8-10-19(2)24(18)25(29)28-15-13-23(14-16-28)26-17-20(3)27-21(4)22-11-6-5-7-12-22/h5-12,20-21,23,26-27H,13-17H2,1-4H3/t20-,21-/m0/s1. The molecule has 4 heteroatoms. The van der Waals surface area contributed by atoms with Gasteiger partial charge in [-0.1, -0.05) is 48.5 Å². The fourth-order valence-electron chi connectivity index (χ4n) is 4.26. The summed E-state index contributed by atoms with van der Waals surface area (Å²) in [5.74, 6) is 0.186. The minimum absolute atomic E-state index is 0.186. The summed E-state index contributed by atoms with van der Waals surface area (Å²) in [6.45, 7) is 11.1. The Morgan fingerprint density at radius 1 is 1.00 bits per heavy atom. The van der Waals surface area contributed by atoms with Gasteiger partial charge in [-0.05, 0) is 57.2 Å². The fourth-order valence-corrected chi connectivity index (χ4v) is 4.26. The molecule has 29 heavy (non-hydrogen) atoms. The van der Waals surface area contributed by atoms with E-state index in [0.29, 0.717) is 18.1 Å². The first kappa shape index (κ1) is 21.5. The van der Waals surface area contributed by atoms with E-state index in [1.165, 1.54) is 5.56 Å². The summed E-state index contributed by atoms with van der Waals surface area (Å²) < 4.78 is 0. The predicted molar refractivity (Wildman–Crippen MR) is 120 cm³/mol. The van der Waals surface area contributed by atoms with Crippen molar-refractivity contribution >= 4 is 5.91 Å². The Balaban J connectivity index is 1.43. The van der Waals surface area contributed by atoms with Crippen LogP contribution in [0.1, 0.15) is 59.8 Å². The van der Waals surface area contributed by atoms with Crippen LogP contribution in [0.25, 0.3) is 0 Å². The van der Waals surface area contributed by atoms with E-state index in [-0.39, 0.29) is 5.91 Å². The number of carbonyl (C=O) groups is 1. The normalized spacial score (nSPS) is 17.2. The van der Waals surface area contributed by atoms with Crippen LogP contribution < -0.4 is 10.6 Å². The number of carbonyl (C=O) groups excluding carboxylic acids is 1. The number of piperidine rings is 1. The zero-order valence-corrected chi connectivity index (χ0v) is 18.2. The third-order valence-electron chi connectivity index (χ3n) is 6.02. The van der Waals surface area contributed by atoms with Crippen molar-refractivity contribution in [3.05, 3.63) is 70.8 Å². The van der Waals surface area contributed by atoms with Crippen molar-refractivity contribution in [1.82, 2.24) is 15.5 Å². The van der Waals surface area contributed by atoms with Crippen LogP contribution in [-0.4, -0.2) is 42.5 Å². The Kier molecular flexibility index (Phi) is 7.45. The molecule has 0 saturated carbocycles. The average molecular weight is 394 g/mol. The highest BCUT2D eigenvalue weighted by Crippen LogP contribution is 2.19. The molecule has 156 valence electrons. The first-order valence-electron chi connectivity index (χ1n) is 10.9. The molecule has 2 N–H and O–H groups in total. The molecule has 1 amide bonds. The number of hydrogen-bond acceptors (Lipinski definition) is 3. The molecule has 1 fully saturated rings. The summed E-state index contributed by atoms with van der Waals surface area (Å²) in [5.41, 5.74) is 4.34. The summed E-state index contributed by atoms with van der Waals surface area (Å²) in [4.78, 5) is 15.0. The summed E-state index contributed by atoms with van der Waals surface area (Å²) in [7, 11) is 0. The van der Waals surface area contributed by atoms with E-state index >= 15 is 0 Å². The van der Waals surface area contributed by atoms with Crippen molar-refractivity contribution in [3.63, 3.8) is 0 Å². The van der Waals surface area contributed by atoms with Crippen molar-refractivity contribution in [2.24, 2.45) is 0 Å². The number of nitrogens with zero attached hydrogens (tertiary/aromatic N) is 1. The topological polar surface area (TPSA) is 44.4 Å². The molecule has 0 radical (unpaired) electrons. The molecule has 1 aliphatic heterocycles. The molecule has 3 rings (SSSR count). The third-order valence-corrected chi connectivity index (χ3v) is 6.02. The van der Waals surface area contributed by atoms with E-state index in [2.05, 4.69) is 54.8 Å². The molecule has 1 heterocycles. The fraction of sp³-hybridized carbons (Fsp3) is 0.480. The van der Waals surface area contributed by atoms with Gasteiger partial charge in [-0.15, -0.1) is 0 Å². The molecule has 2 aromatic carbocycles. The SMILES string of the molecule is Cc1cccc(C)c1C(=O)N1CCC(NC[C@H](C)N[C@@H](C)c2ccccc2)CC1. The van der Waals surface area contributed by atoms with Crippen LogP contribution in [0.5, 0.6) is 0 Å². The number of benzene rings is 2. The molecular weight excluding hydrogens is 358 g/mol. The van der Waals surface area contributed by atoms with E-state index < -0.39 is 0 Å². The Labute approximate surface area is 175 Å². The van der Waals surface area contributed by atoms with Gasteiger partial charge in [-0.25, -0.2) is 0 Å². The van der Waals surface area contributed by atoms with Gasteiger partial charge in [0.15, 0.2) is 0 Å².